The lowest BCUT2D eigenvalue weighted by Crippen LogP contribution is -2.21. The van der Waals surface area contributed by atoms with E-state index in [1.54, 1.807) is 0 Å². The minimum atomic E-state index is -4.71. The monoisotopic (exact) mass is 352 g/mol. The number of carbonyl (C=O) groups is 1. The van der Waals surface area contributed by atoms with E-state index in [1.165, 1.54) is 6.07 Å². The Hall–Kier alpha value is -1.97. The highest BCUT2D eigenvalue weighted by molar-refractivity contribution is 7.95. The third-order valence-electron chi connectivity index (χ3n) is 3.01. The van der Waals surface area contributed by atoms with E-state index in [4.69, 9.17) is 0 Å². The van der Waals surface area contributed by atoms with Gasteiger partial charge in [0.05, 0.1) is 4.92 Å². The van der Waals surface area contributed by atoms with Gasteiger partial charge in [0, 0.05) is 23.7 Å². The number of nitro groups is 1. The molecular formula is C13H15F3N2O4S. The van der Waals surface area contributed by atoms with Gasteiger partial charge >= 0.3 is 11.2 Å². The summed E-state index contributed by atoms with van der Waals surface area (Å²) in [5.74, 6) is -1.14. The van der Waals surface area contributed by atoms with Crippen molar-refractivity contribution in [3.05, 3.63) is 28.3 Å². The van der Waals surface area contributed by atoms with Crippen molar-refractivity contribution in [3.63, 3.8) is 0 Å². The van der Waals surface area contributed by atoms with Gasteiger partial charge in [-0.2, -0.15) is 13.2 Å². The molecule has 0 heterocycles. The summed E-state index contributed by atoms with van der Waals surface area (Å²) in [5.41, 5.74) is -5.20. The lowest BCUT2D eigenvalue weighted by atomic mass is 10.0. The largest absolute Gasteiger partial charge is 0.479 e. The standard InChI is InChI=1S/C13H15F3N2O4S/c1-3-8(4-2)12(19)17-9-5-6-10(18(20)21)11(7-9)22-23-13(14,15)16/h5-8H,3-4H2,1-2H3,(H,17,19). The number of rotatable bonds is 7. The number of alkyl halides is 3. The van der Waals surface area contributed by atoms with Crippen molar-refractivity contribution in [2.24, 2.45) is 5.92 Å². The van der Waals surface area contributed by atoms with E-state index in [2.05, 4.69) is 9.50 Å². The minimum absolute atomic E-state index is 0.130. The number of halogens is 3. The van der Waals surface area contributed by atoms with Crippen LogP contribution in [0.4, 0.5) is 24.5 Å². The predicted molar refractivity (Wildman–Crippen MR) is 80.1 cm³/mol. The summed E-state index contributed by atoms with van der Waals surface area (Å²) in [6, 6.07) is 3.22. The number of nitro benzene ring substituents is 1. The fourth-order valence-corrected chi connectivity index (χ4v) is 2.12. The minimum Gasteiger partial charge on any atom is -0.410 e. The third kappa shape index (κ3) is 5.97. The predicted octanol–water partition coefficient (Wildman–Crippen LogP) is 4.52. The topological polar surface area (TPSA) is 81.5 Å². The molecule has 10 heteroatoms. The molecule has 0 fully saturated rings. The lowest BCUT2D eigenvalue weighted by Gasteiger charge is -2.13. The van der Waals surface area contributed by atoms with Gasteiger partial charge in [-0.15, -0.1) is 0 Å². The van der Waals surface area contributed by atoms with Crippen LogP contribution in [0.1, 0.15) is 26.7 Å². The highest BCUT2D eigenvalue weighted by atomic mass is 32.2. The van der Waals surface area contributed by atoms with Gasteiger partial charge in [0.2, 0.25) is 11.7 Å². The molecule has 6 nitrogen and oxygen atoms in total. The number of hydrogen-bond donors (Lipinski definition) is 1. The first-order chi connectivity index (χ1) is 10.7. The molecule has 0 atom stereocenters. The second-order valence-corrected chi connectivity index (χ2v) is 5.35. The van der Waals surface area contributed by atoms with Crippen LogP contribution in [-0.4, -0.2) is 16.3 Å². The quantitative estimate of drug-likeness (QED) is 0.443. The summed E-state index contributed by atoms with van der Waals surface area (Å²) >= 11 is -0.856. The molecule has 0 spiro atoms. The van der Waals surface area contributed by atoms with Crippen LogP contribution in [0.15, 0.2) is 18.2 Å². The van der Waals surface area contributed by atoms with Gasteiger partial charge in [0.25, 0.3) is 0 Å². The second kappa shape index (κ2) is 8.04. The van der Waals surface area contributed by atoms with Crippen molar-refractivity contribution >= 4 is 29.3 Å². The van der Waals surface area contributed by atoms with Gasteiger partial charge in [-0.1, -0.05) is 13.8 Å². The molecule has 0 aliphatic heterocycles. The Kier molecular flexibility index (Phi) is 6.67. The molecule has 1 rings (SSSR count). The van der Waals surface area contributed by atoms with Crippen LogP contribution in [0.25, 0.3) is 0 Å². The maximum Gasteiger partial charge on any atom is 0.479 e. The van der Waals surface area contributed by atoms with Gasteiger partial charge in [-0.3, -0.25) is 14.9 Å². The molecule has 0 radical (unpaired) electrons. The van der Waals surface area contributed by atoms with E-state index < -0.39 is 33.9 Å². The number of nitrogens with zero attached hydrogens (tertiary/aromatic N) is 1. The second-order valence-electron chi connectivity index (χ2n) is 4.55. The van der Waals surface area contributed by atoms with Crippen LogP contribution < -0.4 is 9.50 Å². The summed E-state index contributed by atoms with van der Waals surface area (Å²) in [6.07, 6.45) is 1.20. The van der Waals surface area contributed by atoms with Crippen molar-refractivity contribution in [1.29, 1.82) is 0 Å². The van der Waals surface area contributed by atoms with Gasteiger partial charge in [-0.05, 0) is 18.9 Å². The van der Waals surface area contributed by atoms with E-state index in [0.29, 0.717) is 12.8 Å². The molecule has 1 aromatic rings. The van der Waals surface area contributed by atoms with Crippen LogP contribution in [-0.2, 0) is 4.79 Å². The smallest absolute Gasteiger partial charge is 0.410 e. The fraction of sp³-hybridized carbons (Fsp3) is 0.462. The number of amides is 1. The first-order valence-corrected chi connectivity index (χ1v) is 7.43. The third-order valence-corrected chi connectivity index (χ3v) is 3.46. The average Bonchev–Trinajstić information content (AvgIpc) is 2.45. The lowest BCUT2D eigenvalue weighted by molar-refractivity contribution is -0.385. The Morgan fingerprint density at radius 2 is 2.00 bits per heavy atom. The SMILES string of the molecule is CCC(CC)C(=O)Nc1ccc([N+](=O)[O-])c(OSC(F)(F)F)c1. The number of nitrogens with one attached hydrogen (secondary N) is 1. The van der Waals surface area contributed by atoms with Crippen molar-refractivity contribution in [3.8, 4) is 5.75 Å². The molecule has 1 aromatic carbocycles. The molecule has 1 N–H and O–H groups in total. The van der Waals surface area contributed by atoms with Gasteiger partial charge in [0.1, 0.15) is 0 Å². The zero-order valence-electron chi connectivity index (χ0n) is 12.3. The maximum absolute atomic E-state index is 12.2. The molecular weight excluding hydrogens is 337 g/mol. The van der Waals surface area contributed by atoms with Gasteiger partial charge in [0.15, 0.2) is 12.0 Å². The number of carbonyl (C=O) groups excluding carboxylic acids is 1. The summed E-state index contributed by atoms with van der Waals surface area (Å²) in [7, 11) is 0. The van der Waals surface area contributed by atoms with Crippen molar-refractivity contribution < 1.29 is 27.1 Å². The molecule has 128 valence electrons. The van der Waals surface area contributed by atoms with Crippen molar-refractivity contribution in [1.82, 2.24) is 0 Å². The number of hydrogen-bond acceptors (Lipinski definition) is 5. The highest BCUT2D eigenvalue weighted by Crippen LogP contribution is 2.38. The molecule has 0 saturated carbocycles. The van der Waals surface area contributed by atoms with E-state index >= 15 is 0 Å². The van der Waals surface area contributed by atoms with Crippen molar-refractivity contribution in [2.75, 3.05) is 5.32 Å². The molecule has 0 aliphatic carbocycles. The molecule has 0 aromatic heterocycles. The van der Waals surface area contributed by atoms with Gasteiger partial charge < -0.3 is 9.50 Å². The Balaban J connectivity index is 2.99. The fourth-order valence-electron chi connectivity index (χ4n) is 1.81. The zero-order chi connectivity index (χ0) is 17.6. The molecule has 0 saturated heterocycles. The Bertz CT molecular complexity index is 577. The average molecular weight is 352 g/mol. The summed E-state index contributed by atoms with van der Waals surface area (Å²) in [6.45, 7) is 3.66. The van der Waals surface area contributed by atoms with E-state index in [0.717, 1.165) is 12.1 Å². The number of anilines is 1. The summed E-state index contributed by atoms with van der Waals surface area (Å²) in [5, 5.41) is 13.3. The molecule has 1 amide bonds. The highest BCUT2D eigenvalue weighted by Gasteiger charge is 2.33. The molecule has 0 bridgehead atoms. The van der Waals surface area contributed by atoms with Crippen LogP contribution in [0, 0.1) is 16.0 Å². The van der Waals surface area contributed by atoms with Crippen LogP contribution in [0.5, 0.6) is 5.75 Å². The van der Waals surface area contributed by atoms with Crippen LogP contribution in [0.2, 0.25) is 0 Å². The van der Waals surface area contributed by atoms with E-state index in [1.807, 2.05) is 13.8 Å². The summed E-state index contributed by atoms with van der Waals surface area (Å²) < 4.78 is 40.9. The van der Waals surface area contributed by atoms with Gasteiger partial charge in [-0.25, -0.2) is 0 Å². The first kappa shape index (κ1) is 19.1. The Morgan fingerprint density at radius 1 is 1.39 bits per heavy atom. The zero-order valence-corrected chi connectivity index (χ0v) is 13.2. The number of benzene rings is 1. The first-order valence-electron chi connectivity index (χ1n) is 6.69. The normalized spacial score (nSPS) is 11.4. The van der Waals surface area contributed by atoms with E-state index in [-0.39, 0.29) is 17.5 Å². The van der Waals surface area contributed by atoms with Crippen molar-refractivity contribution in [2.45, 2.75) is 32.2 Å². The maximum atomic E-state index is 12.2. The molecule has 23 heavy (non-hydrogen) atoms. The van der Waals surface area contributed by atoms with Crippen LogP contribution in [0.3, 0.4) is 0 Å². The molecule has 0 unspecified atom stereocenters. The Labute approximate surface area is 134 Å². The summed E-state index contributed by atoms with van der Waals surface area (Å²) in [4.78, 5) is 21.9. The van der Waals surface area contributed by atoms with Crippen LogP contribution >= 0.6 is 12.0 Å². The molecule has 0 aliphatic rings. The Morgan fingerprint density at radius 3 is 2.48 bits per heavy atom. The van der Waals surface area contributed by atoms with E-state index in [9.17, 15) is 28.1 Å².